The number of rotatable bonds is 6. The van der Waals surface area contributed by atoms with Crippen LogP contribution in [0.2, 0.25) is 5.02 Å². The molecule has 1 amide bonds. The van der Waals surface area contributed by atoms with Crippen LogP contribution in [-0.2, 0) is 11.0 Å². The van der Waals surface area contributed by atoms with Gasteiger partial charge in [0.2, 0.25) is 11.8 Å². The van der Waals surface area contributed by atoms with Crippen LogP contribution in [0.4, 0.5) is 27.6 Å². The summed E-state index contributed by atoms with van der Waals surface area (Å²) in [7, 11) is 0. The fourth-order valence-corrected chi connectivity index (χ4v) is 5.37. The number of nitrogens with one attached hydrogen (secondary N) is 1. The monoisotopic (exact) mass is 539 g/mol. The highest BCUT2D eigenvalue weighted by atomic mass is 35.5. The Balaban J connectivity index is 1.47. The van der Waals surface area contributed by atoms with E-state index in [4.69, 9.17) is 34.8 Å². The Morgan fingerprint density at radius 3 is 2.35 bits per heavy atom. The SMILES string of the molecule is O=C(CC1CC(F)(F)C1)c1cc(NC(=O)C2C(c3cccc(C(F)(F)F)c3)C2(Cl)Cl)ccc1Cl. The van der Waals surface area contributed by atoms with Gasteiger partial charge in [0.05, 0.1) is 16.5 Å². The zero-order valence-electron chi connectivity index (χ0n) is 17.2. The first-order chi connectivity index (χ1) is 15.7. The molecular weight excluding hydrogens is 524 g/mol. The summed E-state index contributed by atoms with van der Waals surface area (Å²) in [6, 6.07) is 8.57. The van der Waals surface area contributed by atoms with Gasteiger partial charge in [-0.2, -0.15) is 13.2 Å². The Labute approximate surface area is 206 Å². The van der Waals surface area contributed by atoms with E-state index in [0.717, 1.165) is 12.1 Å². The molecule has 0 aromatic heterocycles. The number of amides is 1. The second-order valence-corrected chi connectivity index (χ2v) is 10.5. The van der Waals surface area contributed by atoms with Gasteiger partial charge in [-0.05, 0) is 35.7 Å². The highest BCUT2D eigenvalue weighted by Gasteiger charge is 2.67. The first kappa shape index (κ1) is 25.2. The predicted molar refractivity (Wildman–Crippen MR) is 119 cm³/mol. The largest absolute Gasteiger partial charge is 0.416 e. The summed E-state index contributed by atoms with van der Waals surface area (Å²) in [6.07, 6.45) is -5.39. The standard InChI is InChI=1S/C23H17Cl3F5NO2/c24-16-5-4-14(8-15(16)17(33)6-11-9-21(27,28)10-11)32-20(34)19-18(22(19,25)26)12-2-1-3-13(7-12)23(29,30)31/h1-5,7-8,11,18-19H,6,9-10H2,(H,32,34). The minimum Gasteiger partial charge on any atom is -0.326 e. The summed E-state index contributed by atoms with van der Waals surface area (Å²) >= 11 is 18.6. The minimum atomic E-state index is -4.56. The van der Waals surface area contributed by atoms with Gasteiger partial charge >= 0.3 is 6.18 Å². The molecule has 0 heterocycles. The maximum atomic E-state index is 13.0. The van der Waals surface area contributed by atoms with Crippen molar-refractivity contribution in [2.75, 3.05) is 5.32 Å². The first-order valence-corrected chi connectivity index (χ1v) is 11.4. The molecule has 3 nitrogen and oxygen atoms in total. The Bertz CT molecular complexity index is 1140. The molecule has 0 radical (unpaired) electrons. The summed E-state index contributed by atoms with van der Waals surface area (Å²) < 4.78 is 63.6. The van der Waals surface area contributed by atoms with Crippen LogP contribution in [0, 0.1) is 11.8 Å². The van der Waals surface area contributed by atoms with Crippen molar-refractivity contribution in [2.45, 2.75) is 41.6 Å². The normalized spacial score (nSPS) is 23.2. The number of hydrogen-bond donors (Lipinski definition) is 1. The van der Waals surface area contributed by atoms with Gasteiger partial charge in [-0.15, -0.1) is 23.2 Å². The molecule has 0 saturated heterocycles. The lowest BCUT2D eigenvalue weighted by Crippen LogP contribution is -2.36. The van der Waals surface area contributed by atoms with Crippen molar-refractivity contribution < 1.29 is 31.5 Å². The van der Waals surface area contributed by atoms with Gasteiger partial charge in [-0.25, -0.2) is 8.78 Å². The van der Waals surface area contributed by atoms with Crippen molar-refractivity contribution in [3.63, 3.8) is 0 Å². The molecular formula is C23H17Cl3F5NO2. The summed E-state index contributed by atoms with van der Waals surface area (Å²) in [4.78, 5) is 25.4. The number of carbonyl (C=O) groups excluding carboxylic acids is 2. The van der Waals surface area contributed by atoms with E-state index in [0.29, 0.717) is 0 Å². The lowest BCUT2D eigenvalue weighted by Gasteiger charge is -2.34. The molecule has 2 atom stereocenters. The third-order valence-corrected chi connectivity index (χ3v) is 7.36. The summed E-state index contributed by atoms with van der Waals surface area (Å²) in [6.45, 7) is 0. The van der Waals surface area contributed by atoms with Gasteiger partial charge in [-0.1, -0.05) is 29.8 Å². The summed E-state index contributed by atoms with van der Waals surface area (Å²) in [5.41, 5.74) is -0.451. The third-order valence-electron chi connectivity index (χ3n) is 6.09. The van der Waals surface area contributed by atoms with Crippen molar-refractivity contribution in [1.29, 1.82) is 0 Å². The van der Waals surface area contributed by atoms with Crippen molar-refractivity contribution in [2.24, 2.45) is 11.8 Å². The maximum Gasteiger partial charge on any atom is 0.416 e. The Kier molecular flexibility index (Phi) is 6.41. The van der Waals surface area contributed by atoms with Gasteiger partial charge in [0.1, 0.15) is 4.33 Å². The van der Waals surface area contributed by atoms with Gasteiger partial charge in [0.15, 0.2) is 5.78 Å². The number of Topliss-reactive ketones (excluding diaryl/α,β-unsaturated/α-hetero) is 1. The smallest absolute Gasteiger partial charge is 0.326 e. The molecule has 2 fully saturated rings. The molecule has 0 spiro atoms. The van der Waals surface area contributed by atoms with Crippen molar-refractivity contribution in [1.82, 2.24) is 0 Å². The highest BCUT2D eigenvalue weighted by molar-refractivity contribution is 6.53. The number of hydrogen-bond acceptors (Lipinski definition) is 2. The molecule has 2 unspecified atom stereocenters. The van der Waals surface area contributed by atoms with Crippen LogP contribution in [0.3, 0.4) is 0 Å². The van der Waals surface area contributed by atoms with E-state index in [2.05, 4.69) is 5.32 Å². The van der Waals surface area contributed by atoms with Gasteiger partial charge in [0, 0.05) is 36.4 Å². The average molecular weight is 541 g/mol. The molecule has 0 bridgehead atoms. The molecule has 0 aliphatic heterocycles. The zero-order chi connectivity index (χ0) is 25.1. The van der Waals surface area contributed by atoms with Crippen LogP contribution < -0.4 is 5.32 Å². The Hall–Kier alpha value is -1.90. The number of halogens is 8. The topological polar surface area (TPSA) is 46.2 Å². The van der Waals surface area contributed by atoms with E-state index in [9.17, 15) is 31.5 Å². The van der Waals surface area contributed by atoms with Crippen LogP contribution in [0.1, 0.15) is 46.7 Å². The van der Waals surface area contributed by atoms with Crippen LogP contribution >= 0.6 is 34.8 Å². The number of benzene rings is 2. The van der Waals surface area contributed by atoms with E-state index in [-0.39, 0.29) is 41.1 Å². The molecule has 2 saturated carbocycles. The van der Waals surface area contributed by atoms with Crippen LogP contribution in [0.5, 0.6) is 0 Å². The van der Waals surface area contributed by atoms with Gasteiger partial charge in [-0.3, -0.25) is 9.59 Å². The molecule has 2 aliphatic carbocycles. The van der Waals surface area contributed by atoms with E-state index in [1.165, 1.54) is 30.3 Å². The fourth-order valence-electron chi connectivity index (χ4n) is 4.31. The van der Waals surface area contributed by atoms with E-state index >= 15 is 0 Å². The van der Waals surface area contributed by atoms with Crippen molar-refractivity contribution in [3.05, 3.63) is 64.2 Å². The summed E-state index contributed by atoms with van der Waals surface area (Å²) in [5, 5.41) is 2.66. The van der Waals surface area contributed by atoms with E-state index < -0.39 is 51.4 Å². The van der Waals surface area contributed by atoms with Crippen LogP contribution in [0.25, 0.3) is 0 Å². The third kappa shape index (κ3) is 5.04. The van der Waals surface area contributed by atoms with Gasteiger partial charge < -0.3 is 5.32 Å². The van der Waals surface area contributed by atoms with E-state index in [1.807, 2.05) is 0 Å². The minimum absolute atomic E-state index is 0.0721. The number of anilines is 1. The zero-order valence-corrected chi connectivity index (χ0v) is 19.5. The molecule has 2 aromatic rings. The molecule has 2 aromatic carbocycles. The van der Waals surface area contributed by atoms with Crippen LogP contribution in [0.15, 0.2) is 42.5 Å². The molecule has 34 heavy (non-hydrogen) atoms. The Morgan fingerprint density at radius 2 is 1.74 bits per heavy atom. The molecule has 1 N–H and O–H groups in total. The second kappa shape index (κ2) is 8.64. The fraction of sp³-hybridized carbons (Fsp3) is 0.391. The van der Waals surface area contributed by atoms with Crippen molar-refractivity contribution >= 4 is 52.2 Å². The molecule has 182 valence electrons. The maximum absolute atomic E-state index is 13.0. The van der Waals surface area contributed by atoms with E-state index in [1.54, 1.807) is 0 Å². The number of ketones is 1. The van der Waals surface area contributed by atoms with Crippen molar-refractivity contribution in [3.8, 4) is 0 Å². The average Bonchev–Trinajstić information content (AvgIpc) is 3.29. The number of carbonyl (C=O) groups is 2. The predicted octanol–water partition coefficient (Wildman–Crippen LogP) is 7.50. The Morgan fingerprint density at radius 1 is 1.06 bits per heavy atom. The number of alkyl halides is 7. The summed E-state index contributed by atoms with van der Waals surface area (Å²) in [5.74, 6) is -6.17. The quantitative estimate of drug-likeness (QED) is 0.234. The molecule has 4 rings (SSSR count). The molecule has 11 heteroatoms. The highest BCUT2D eigenvalue weighted by Crippen LogP contribution is 2.65. The lowest BCUT2D eigenvalue weighted by molar-refractivity contribution is -0.137. The second-order valence-electron chi connectivity index (χ2n) is 8.69. The molecule has 2 aliphatic rings. The first-order valence-electron chi connectivity index (χ1n) is 10.3. The van der Waals surface area contributed by atoms with Crippen LogP contribution in [-0.4, -0.2) is 21.9 Å². The van der Waals surface area contributed by atoms with Gasteiger partial charge in [0.25, 0.3) is 0 Å². The lowest BCUT2D eigenvalue weighted by atomic mass is 9.77.